The summed E-state index contributed by atoms with van der Waals surface area (Å²) < 4.78 is 0. The van der Waals surface area contributed by atoms with Crippen LogP contribution in [0.2, 0.25) is 0 Å². The van der Waals surface area contributed by atoms with Gasteiger partial charge in [0.15, 0.2) is 0 Å². The molecule has 4 N–H and O–H groups in total. The van der Waals surface area contributed by atoms with Crippen LogP contribution in [-0.2, 0) is 4.79 Å². The van der Waals surface area contributed by atoms with Crippen LogP contribution in [0.1, 0.15) is 19.8 Å². The highest BCUT2D eigenvalue weighted by molar-refractivity contribution is 5.96. The van der Waals surface area contributed by atoms with E-state index in [4.69, 9.17) is 5.73 Å². The third kappa shape index (κ3) is 3.98. The van der Waals surface area contributed by atoms with E-state index in [-0.39, 0.29) is 11.9 Å². The molecule has 0 aromatic rings. The van der Waals surface area contributed by atoms with Crippen LogP contribution in [0, 0.1) is 5.92 Å². The lowest BCUT2D eigenvalue weighted by atomic mass is 9.97. The molecular weight excluding hydrogens is 220 g/mol. The zero-order valence-corrected chi connectivity index (χ0v) is 10.5. The van der Waals surface area contributed by atoms with Crippen molar-refractivity contribution in [1.29, 1.82) is 0 Å². The van der Waals surface area contributed by atoms with Crippen molar-refractivity contribution >= 4 is 11.9 Å². The van der Waals surface area contributed by atoms with Gasteiger partial charge in [-0.25, -0.2) is 4.79 Å². The molecule has 17 heavy (non-hydrogen) atoms. The first-order chi connectivity index (χ1) is 8.08. The third-order valence-corrected chi connectivity index (χ3v) is 3.27. The minimum atomic E-state index is -0.464. The Kier molecular flexibility index (Phi) is 5.37. The normalized spacial score (nSPS) is 22.9. The summed E-state index contributed by atoms with van der Waals surface area (Å²) in [5.41, 5.74) is 5.65. The molecule has 0 radical (unpaired) electrons. The van der Waals surface area contributed by atoms with Gasteiger partial charge < -0.3 is 11.1 Å². The summed E-state index contributed by atoms with van der Waals surface area (Å²) in [6.07, 6.45) is 2.18. The number of amides is 3. The van der Waals surface area contributed by atoms with Gasteiger partial charge in [0.25, 0.3) is 0 Å². The summed E-state index contributed by atoms with van der Waals surface area (Å²) in [4.78, 5) is 24.9. The molecule has 1 saturated heterocycles. The van der Waals surface area contributed by atoms with E-state index in [0.717, 1.165) is 25.9 Å². The van der Waals surface area contributed by atoms with E-state index in [2.05, 4.69) is 15.5 Å². The molecule has 98 valence electrons. The van der Waals surface area contributed by atoms with Crippen molar-refractivity contribution in [3.63, 3.8) is 0 Å². The monoisotopic (exact) mass is 242 g/mol. The highest BCUT2D eigenvalue weighted by atomic mass is 16.2. The molecule has 0 spiro atoms. The molecule has 1 aliphatic heterocycles. The summed E-state index contributed by atoms with van der Waals surface area (Å²) in [7, 11) is 1.48. The smallest absolute Gasteiger partial charge is 0.321 e. The average Bonchev–Trinajstić information content (AvgIpc) is 2.37. The number of hydrogen-bond donors (Lipinski definition) is 3. The molecule has 0 aliphatic carbocycles. The van der Waals surface area contributed by atoms with E-state index in [1.54, 1.807) is 0 Å². The van der Waals surface area contributed by atoms with Crippen molar-refractivity contribution in [2.75, 3.05) is 26.7 Å². The first-order valence-corrected chi connectivity index (χ1v) is 6.05. The summed E-state index contributed by atoms with van der Waals surface area (Å²) in [5.74, 6) is 0.195. The number of piperidine rings is 1. The highest BCUT2D eigenvalue weighted by Crippen LogP contribution is 2.17. The van der Waals surface area contributed by atoms with Crippen LogP contribution in [-0.4, -0.2) is 49.6 Å². The lowest BCUT2D eigenvalue weighted by Crippen LogP contribution is -2.52. The molecule has 0 saturated carbocycles. The number of rotatable bonds is 3. The third-order valence-electron chi connectivity index (χ3n) is 3.27. The second-order valence-corrected chi connectivity index (χ2v) is 4.48. The molecule has 6 nitrogen and oxygen atoms in total. The largest absolute Gasteiger partial charge is 0.341 e. The standard InChI is InChI=1S/C11H22N4O2/c1-8(10(16)14-11(17)13-2)15-5-3-4-9(6-12)7-15/h8-9H,3-7,12H2,1-2H3,(H2,13,14,16,17). The molecule has 0 aromatic heterocycles. The molecule has 1 fully saturated rings. The zero-order chi connectivity index (χ0) is 12.8. The van der Waals surface area contributed by atoms with Crippen LogP contribution in [0.5, 0.6) is 0 Å². The fourth-order valence-corrected chi connectivity index (χ4v) is 2.09. The summed E-state index contributed by atoms with van der Waals surface area (Å²) in [5, 5.41) is 4.66. The first kappa shape index (κ1) is 13.9. The quantitative estimate of drug-likeness (QED) is 0.622. The number of nitrogens with zero attached hydrogens (tertiary/aromatic N) is 1. The maximum atomic E-state index is 11.8. The van der Waals surface area contributed by atoms with Gasteiger partial charge in [0.05, 0.1) is 6.04 Å². The van der Waals surface area contributed by atoms with E-state index in [0.29, 0.717) is 12.5 Å². The highest BCUT2D eigenvalue weighted by Gasteiger charge is 2.27. The second kappa shape index (κ2) is 6.56. The topological polar surface area (TPSA) is 87.5 Å². The molecular formula is C11H22N4O2. The Bertz CT molecular complexity index is 283. The van der Waals surface area contributed by atoms with Crippen LogP contribution >= 0.6 is 0 Å². The van der Waals surface area contributed by atoms with Crippen molar-refractivity contribution in [3.8, 4) is 0 Å². The maximum absolute atomic E-state index is 11.8. The van der Waals surface area contributed by atoms with Crippen LogP contribution in [0.25, 0.3) is 0 Å². The SMILES string of the molecule is CNC(=O)NC(=O)C(C)N1CCCC(CN)C1. The first-order valence-electron chi connectivity index (χ1n) is 6.05. The molecule has 1 aliphatic rings. The number of nitrogens with two attached hydrogens (primary N) is 1. The van der Waals surface area contributed by atoms with Crippen molar-refractivity contribution in [2.45, 2.75) is 25.8 Å². The molecule has 0 aromatic carbocycles. The lowest BCUT2D eigenvalue weighted by molar-refractivity contribution is -0.125. The Hall–Kier alpha value is -1.14. The van der Waals surface area contributed by atoms with Gasteiger partial charge in [-0.3, -0.25) is 15.0 Å². The number of nitrogens with one attached hydrogen (secondary N) is 2. The molecule has 2 unspecified atom stereocenters. The van der Waals surface area contributed by atoms with Gasteiger partial charge in [-0.15, -0.1) is 0 Å². The van der Waals surface area contributed by atoms with E-state index in [1.807, 2.05) is 6.92 Å². The number of likely N-dealkylation sites (tertiary alicyclic amines) is 1. The minimum absolute atomic E-state index is 0.262. The number of carbonyl (C=O) groups is 2. The average molecular weight is 242 g/mol. The van der Waals surface area contributed by atoms with Crippen molar-refractivity contribution < 1.29 is 9.59 Å². The Labute approximate surface area is 102 Å². The molecule has 3 amide bonds. The predicted octanol–water partition coefficient (Wildman–Crippen LogP) is -0.499. The van der Waals surface area contributed by atoms with E-state index in [1.165, 1.54) is 7.05 Å². The van der Waals surface area contributed by atoms with Gasteiger partial charge >= 0.3 is 6.03 Å². The van der Waals surface area contributed by atoms with Gasteiger partial charge in [-0.2, -0.15) is 0 Å². The number of carbonyl (C=O) groups excluding carboxylic acids is 2. The number of urea groups is 1. The van der Waals surface area contributed by atoms with Gasteiger partial charge in [0, 0.05) is 13.6 Å². The van der Waals surface area contributed by atoms with Gasteiger partial charge in [-0.05, 0) is 38.8 Å². The zero-order valence-electron chi connectivity index (χ0n) is 10.5. The lowest BCUT2D eigenvalue weighted by Gasteiger charge is -2.35. The predicted molar refractivity (Wildman–Crippen MR) is 65.4 cm³/mol. The molecule has 0 bridgehead atoms. The molecule has 1 rings (SSSR count). The van der Waals surface area contributed by atoms with Crippen LogP contribution in [0.3, 0.4) is 0 Å². The maximum Gasteiger partial charge on any atom is 0.321 e. The second-order valence-electron chi connectivity index (χ2n) is 4.48. The van der Waals surface area contributed by atoms with E-state index >= 15 is 0 Å². The van der Waals surface area contributed by atoms with Crippen molar-refractivity contribution in [3.05, 3.63) is 0 Å². The van der Waals surface area contributed by atoms with Crippen LogP contribution < -0.4 is 16.4 Å². The van der Waals surface area contributed by atoms with Crippen molar-refractivity contribution in [2.24, 2.45) is 11.7 Å². The van der Waals surface area contributed by atoms with Gasteiger partial charge in [-0.1, -0.05) is 0 Å². The van der Waals surface area contributed by atoms with Gasteiger partial charge in [0.1, 0.15) is 0 Å². The van der Waals surface area contributed by atoms with E-state index in [9.17, 15) is 9.59 Å². The van der Waals surface area contributed by atoms with E-state index < -0.39 is 6.03 Å². The molecule has 6 heteroatoms. The molecule has 2 atom stereocenters. The Balaban J connectivity index is 2.47. The van der Waals surface area contributed by atoms with Crippen molar-refractivity contribution in [1.82, 2.24) is 15.5 Å². The summed E-state index contributed by atoms with van der Waals surface area (Å²) in [6, 6.07) is -0.754. The van der Waals surface area contributed by atoms with Crippen LogP contribution in [0.15, 0.2) is 0 Å². The number of imide groups is 1. The fourth-order valence-electron chi connectivity index (χ4n) is 2.09. The Morgan fingerprint density at radius 3 is 2.82 bits per heavy atom. The number of hydrogen-bond acceptors (Lipinski definition) is 4. The molecule has 1 heterocycles. The Morgan fingerprint density at radius 2 is 2.24 bits per heavy atom. The summed E-state index contributed by atoms with van der Waals surface area (Å²) >= 11 is 0. The minimum Gasteiger partial charge on any atom is -0.341 e. The van der Waals surface area contributed by atoms with Crippen LogP contribution in [0.4, 0.5) is 4.79 Å². The van der Waals surface area contributed by atoms with Gasteiger partial charge in [0.2, 0.25) is 5.91 Å². The summed E-state index contributed by atoms with van der Waals surface area (Å²) in [6.45, 7) is 4.19. The fraction of sp³-hybridized carbons (Fsp3) is 0.818. The Morgan fingerprint density at radius 1 is 1.53 bits per heavy atom.